The Kier molecular flexibility index (Phi) is 3.54. The third-order valence-electron chi connectivity index (χ3n) is 5.02. The molecule has 2 aromatic rings. The molecule has 1 aromatic heterocycles. The van der Waals surface area contributed by atoms with E-state index in [-0.39, 0.29) is 18.0 Å². The van der Waals surface area contributed by atoms with Crippen LogP contribution in [-0.4, -0.2) is 22.8 Å². The Balaban J connectivity index is 1.92. The first-order chi connectivity index (χ1) is 11.2. The molecule has 2 aliphatic rings. The van der Waals surface area contributed by atoms with E-state index in [4.69, 9.17) is 0 Å². The van der Waals surface area contributed by atoms with Crippen LogP contribution in [0.4, 0.5) is 4.39 Å². The predicted molar refractivity (Wildman–Crippen MR) is 85.7 cm³/mol. The summed E-state index contributed by atoms with van der Waals surface area (Å²) in [4.78, 5) is 13.0. The van der Waals surface area contributed by atoms with Crippen molar-refractivity contribution in [2.24, 2.45) is 5.92 Å². The third kappa shape index (κ3) is 2.40. The van der Waals surface area contributed by atoms with Gasteiger partial charge in [0.05, 0.1) is 12.2 Å². The Labute approximate surface area is 133 Å². The second-order valence-electron chi connectivity index (χ2n) is 6.51. The summed E-state index contributed by atoms with van der Waals surface area (Å²) in [6.07, 6.45) is 1.09. The maximum absolute atomic E-state index is 13.2. The molecule has 1 aromatic carbocycles. The molecule has 2 unspecified atom stereocenters. The van der Waals surface area contributed by atoms with Gasteiger partial charge in [0.2, 0.25) is 0 Å². The molecule has 2 atom stereocenters. The normalized spacial score (nSPS) is 22.7. The van der Waals surface area contributed by atoms with E-state index in [1.165, 1.54) is 12.1 Å². The second kappa shape index (κ2) is 5.58. The molecule has 1 fully saturated rings. The van der Waals surface area contributed by atoms with Gasteiger partial charge in [0.15, 0.2) is 0 Å². The van der Waals surface area contributed by atoms with Crippen LogP contribution in [0.15, 0.2) is 35.1 Å². The number of pyridine rings is 1. The van der Waals surface area contributed by atoms with Gasteiger partial charge in [0.25, 0.3) is 5.56 Å². The fourth-order valence-corrected chi connectivity index (χ4v) is 3.95. The highest BCUT2D eigenvalue weighted by molar-refractivity contribution is 5.66. The van der Waals surface area contributed by atoms with Crippen LogP contribution < -0.4 is 10.9 Å². The van der Waals surface area contributed by atoms with Gasteiger partial charge in [-0.15, -0.1) is 0 Å². The number of fused-ring (bicyclic) bond motifs is 4. The van der Waals surface area contributed by atoms with Crippen LogP contribution >= 0.6 is 0 Å². The quantitative estimate of drug-likeness (QED) is 0.889. The summed E-state index contributed by atoms with van der Waals surface area (Å²) in [6.45, 7) is 2.32. The number of aliphatic hydroxyl groups excluding tert-OH is 1. The molecule has 4 nitrogen and oxygen atoms in total. The smallest absolute Gasteiger partial charge is 0.259 e. The average Bonchev–Trinajstić information content (AvgIpc) is 2.57. The van der Waals surface area contributed by atoms with Crippen LogP contribution in [-0.2, 0) is 13.2 Å². The van der Waals surface area contributed by atoms with Crippen molar-refractivity contribution in [3.05, 3.63) is 57.8 Å². The van der Waals surface area contributed by atoms with Crippen LogP contribution in [0, 0.1) is 11.7 Å². The highest BCUT2D eigenvalue weighted by atomic mass is 19.1. The summed E-state index contributed by atoms with van der Waals surface area (Å²) in [7, 11) is 0. The van der Waals surface area contributed by atoms with Crippen molar-refractivity contribution < 1.29 is 9.50 Å². The number of rotatable bonds is 2. The minimum atomic E-state index is -0.335. The molecule has 0 spiro atoms. The first-order valence-corrected chi connectivity index (χ1v) is 8.01. The lowest BCUT2D eigenvalue weighted by atomic mass is 9.83. The van der Waals surface area contributed by atoms with Gasteiger partial charge in [0.1, 0.15) is 5.82 Å². The van der Waals surface area contributed by atoms with Crippen molar-refractivity contribution in [3.8, 4) is 11.1 Å². The number of aromatic nitrogens is 1. The van der Waals surface area contributed by atoms with E-state index in [0.717, 1.165) is 25.2 Å². The zero-order chi connectivity index (χ0) is 16.0. The lowest BCUT2D eigenvalue weighted by Crippen LogP contribution is -2.45. The maximum Gasteiger partial charge on any atom is 0.259 e. The van der Waals surface area contributed by atoms with Crippen LogP contribution in [0.3, 0.4) is 0 Å². The topological polar surface area (TPSA) is 54.3 Å². The van der Waals surface area contributed by atoms with Gasteiger partial charge in [-0.3, -0.25) is 4.79 Å². The molecule has 0 radical (unpaired) electrons. The second-order valence-corrected chi connectivity index (χ2v) is 6.51. The van der Waals surface area contributed by atoms with E-state index >= 15 is 0 Å². The van der Waals surface area contributed by atoms with Gasteiger partial charge in [-0.25, -0.2) is 4.39 Å². The van der Waals surface area contributed by atoms with Gasteiger partial charge in [-0.05, 0) is 48.2 Å². The molecular weight excluding hydrogens is 295 g/mol. The minimum Gasteiger partial charge on any atom is -0.392 e. The predicted octanol–water partition coefficient (Wildman–Crippen LogP) is 1.85. The first kappa shape index (κ1) is 14.6. The van der Waals surface area contributed by atoms with E-state index in [1.807, 2.05) is 10.6 Å². The highest BCUT2D eigenvalue weighted by Crippen LogP contribution is 2.34. The summed E-state index contributed by atoms with van der Waals surface area (Å²) in [5, 5.41) is 13.2. The van der Waals surface area contributed by atoms with Crippen molar-refractivity contribution in [1.29, 1.82) is 0 Å². The number of nitrogens with zero attached hydrogens (tertiary/aromatic N) is 1. The van der Waals surface area contributed by atoms with Crippen molar-refractivity contribution in [1.82, 2.24) is 9.88 Å². The number of aliphatic hydroxyl groups is 1. The van der Waals surface area contributed by atoms with E-state index in [9.17, 15) is 14.3 Å². The Morgan fingerprint density at radius 2 is 2.04 bits per heavy atom. The first-order valence-electron chi connectivity index (χ1n) is 8.01. The molecule has 1 saturated heterocycles. The van der Waals surface area contributed by atoms with Crippen molar-refractivity contribution in [2.75, 3.05) is 13.1 Å². The zero-order valence-corrected chi connectivity index (χ0v) is 12.8. The lowest BCUT2D eigenvalue weighted by molar-refractivity contribution is 0.253. The van der Waals surface area contributed by atoms with E-state index in [0.29, 0.717) is 35.1 Å². The van der Waals surface area contributed by atoms with E-state index < -0.39 is 0 Å². The van der Waals surface area contributed by atoms with Gasteiger partial charge in [-0.2, -0.15) is 0 Å². The number of piperidine rings is 1. The highest BCUT2D eigenvalue weighted by Gasteiger charge is 2.32. The maximum atomic E-state index is 13.2. The molecule has 2 aliphatic heterocycles. The summed E-state index contributed by atoms with van der Waals surface area (Å²) >= 11 is 0. The molecule has 120 valence electrons. The van der Waals surface area contributed by atoms with Gasteiger partial charge in [0, 0.05) is 24.7 Å². The molecule has 0 amide bonds. The van der Waals surface area contributed by atoms with Crippen molar-refractivity contribution in [2.45, 2.75) is 25.5 Å². The number of hydrogen-bond acceptors (Lipinski definition) is 3. The summed E-state index contributed by atoms with van der Waals surface area (Å²) in [5.74, 6) is 0.459. The fourth-order valence-electron chi connectivity index (χ4n) is 3.95. The molecule has 0 saturated carbocycles. The molecule has 2 N–H and O–H groups in total. The zero-order valence-electron chi connectivity index (χ0n) is 12.8. The van der Waals surface area contributed by atoms with Crippen molar-refractivity contribution >= 4 is 0 Å². The minimum absolute atomic E-state index is 0.0743. The van der Waals surface area contributed by atoms with E-state index in [2.05, 4.69) is 5.32 Å². The van der Waals surface area contributed by atoms with Gasteiger partial charge < -0.3 is 15.0 Å². The Bertz CT molecular complexity index is 798. The Hall–Kier alpha value is -1.98. The molecule has 23 heavy (non-hydrogen) atoms. The molecule has 5 heteroatoms. The number of benzene rings is 1. The fraction of sp³-hybridized carbons (Fsp3) is 0.389. The molecule has 2 bridgehead atoms. The number of hydrogen-bond donors (Lipinski definition) is 2. The SMILES string of the molecule is O=c1c(-c2ccc(F)cc2)c(CO)cc2n1CC1CNCC2C1. The lowest BCUT2D eigenvalue weighted by Gasteiger charge is -2.38. The number of nitrogens with one attached hydrogen (secondary N) is 1. The summed E-state index contributed by atoms with van der Waals surface area (Å²) in [5.41, 5.74) is 2.70. The Morgan fingerprint density at radius 1 is 1.26 bits per heavy atom. The van der Waals surface area contributed by atoms with Crippen LogP contribution in [0.25, 0.3) is 11.1 Å². The molecule has 3 heterocycles. The molecular formula is C18H19FN2O2. The molecule has 4 rings (SSSR count). The third-order valence-corrected chi connectivity index (χ3v) is 5.02. The van der Waals surface area contributed by atoms with Gasteiger partial charge in [-0.1, -0.05) is 12.1 Å². The number of halogens is 1. The summed E-state index contributed by atoms with van der Waals surface area (Å²) < 4.78 is 15.0. The van der Waals surface area contributed by atoms with Crippen LogP contribution in [0.2, 0.25) is 0 Å². The largest absolute Gasteiger partial charge is 0.392 e. The van der Waals surface area contributed by atoms with E-state index in [1.54, 1.807) is 12.1 Å². The van der Waals surface area contributed by atoms with Gasteiger partial charge >= 0.3 is 0 Å². The monoisotopic (exact) mass is 314 g/mol. The summed E-state index contributed by atoms with van der Waals surface area (Å²) in [6, 6.07) is 7.85. The molecule has 0 aliphatic carbocycles. The average molecular weight is 314 g/mol. The van der Waals surface area contributed by atoms with Crippen molar-refractivity contribution in [3.63, 3.8) is 0 Å². The Morgan fingerprint density at radius 3 is 2.78 bits per heavy atom. The van der Waals surface area contributed by atoms with Crippen LogP contribution in [0.1, 0.15) is 23.6 Å². The standard InChI is InChI=1S/C18H19FN2O2/c19-15-3-1-12(2-4-15)17-14(10-22)6-16-13-5-11(7-20-8-13)9-21(16)18(17)23/h1-4,6,11,13,20,22H,5,7-10H2. The van der Waals surface area contributed by atoms with Crippen LogP contribution in [0.5, 0.6) is 0 Å².